The van der Waals surface area contributed by atoms with E-state index in [-0.39, 0.29) is 5.91 Å². The fourth-order valence-electron chi connectivity index (χ4n) is 2.58. The zero-order valence-electron chi connectivity index (χ0n) is 12.5. The highest BCUT2D eigenvalue weighted by Crippen LogP contribution is 2.16. The van der Waals surface area contributed by atoms with Gasteiger partial charge in [0.15, 0.2) is 0 Å². The van der Waals surface area contributed by atoms with Crippen LogP contribution in [0.25, 0.3) is 0 Å². The van der Waals surface area contributed by atoms with Crippen molar-refractivity contribution in [3.8, 4) is 0 Å². The first-order valence-electron chi connectivity index (χ1n) is 7.40. The summed E-state index contributed by atoms with van der Waals surface area (Å²) in [4.78, 5) is 18.8. The lowest BCUT2D eigenvalue weighted by molar-refractivity contribution is 0.0928. The molecular formula is C14H24N4O2S. The van der Waals surface area contributed by atoms with E-state index >= 15 is 0 Å². The Kier molecular flexibility index (Phi) is 6.56. The molecule has 0 spiro atoms. The van der Waals surface area contributed by atoms with Crippen LogP contribution in [0.4, 0.5) is 0 Å². The van der Waals surface area contributed by atoms with Gasteiger partial charge in [0.25, 0.3) is 5.91 Å². The summed E-state index contributed by atoms with van der Waals surface area (Å²) in [6.45, 7) is 3.98. The third-order valence-corrected chi connectivity index (χ3v) is 4.63. The molecule has 0 aliphatic carbocycles. The van der Waals surface area contributed by atoms with Crippen molar-refractivity contribution in [1.29, 1.82) is 0 Å². The third-order valence-electron chi connectivity index (χ3n) is 3.72. The first-order chi connectivity index (χ1) is 10.2. The quantitative estimate of drug-likeness (QED) is 0.730. The Morgan fingerprint density at radius 1 is 1.67 bits per heavy atom. The number of hydrogen-bond donors (Lipinski definition) is 2. The van der Waals surface area contributed by atoms with Crippen molar-refractivity contribution in [3.05, 3.63) is 16.1 Å². The molecule has 1 saturated heterocycles. The smallest absolute Gasteiger partial charge is 0.270 e. The summed E-state index contributed by atoms with van der Waals surface area (Å²) in [5.41, 5.74) is 6.00. The van der Waals surface area contributed by atoms with Gasteiger partial charge in [0.1, 0.15) is 5.69 Å². The van der Waals surface area contributed by atoms with Gasteiger partial charge in [0, 0.05) is 38.0 Å². The van der Waals surface area contributed by atoms with Gasteiger partial charge in [-0.25, -0.2) is 4.98 Å². The van der Waals surface area contributed by atoms with Crippen LogP contribution in [0.15, 0.2) is 5.38 Å². The molecule has 21 heavy (non-hydrogen) atoms. The molecule has 2 rings (SSSR count). The van der Waals surface area contributed by atoms with Crippen molar-refractivity contribution in [2.24, 2.45) is 5.73 Å². The summed E-state index contributed by atoms with van der Waals surface area (Å²) in [5.74, 6) is -0.0897. The van der Waals surface area contributed by atoms with E-state index in [9.17, 15) is 4.79 Å². The third kappa shape index (κ3) is 4.74. The number of methoxy groups -OCH3 is 1. The van der Waals surface area contributed by atoms with Gasteiger partial charge in [-0.3, -0.25) is 9.69 Å². The second kappa shape index (κ2) is 8.43. The van der Waals surface area contributed by atoms with Gasteiger partial charge in [-0.15, -0.1) is 11.3 Å². The SMILES string of the molecule is COCCN1CCCC1CNC(=O)c1csc(CCN)n1. The Hall–Kier alpha value is -1.02. The molecule has 6 nitrogen and oxygen atoms in total. The fourth-order valence-corrected chi connectivity index (χ4v) is 3.38. The Labute approximate surface area is 129 Å². The lowest BCUT2D eigenvalue weighted by atomic mass is 10.2. The molecule has 0 saturated carbocycles. The normalized spacial score (nSPS) is 19.0. The van der Waals surface area contributed by atoms with Crippen LogP contribution < -0.4 is 11.1 Å². The van der Waals surface area contributed by atoms with Crippen molar-refractivity contribution in [1.82, 2.24) is 15.2 Å². The van der Waals surface area contributed by atoms with E-state index in [1.54, 1.807) is 12.5 Å². The largest absolute Gasteiger partial charge is 0.383 e. The zero-order chi connectivity index (χ0) is 15.1. The van der Waals surface area contributed by atoms with Crippen molar-refractivity contribution in [2.45, 2.75) is 25.3 Å². The highest BCUT2D eigenvalue weighted by Gasteiger charge is 2.24. The number of likely N-dealkylation sites (tertiary alicyclic amines) is 1. The van der Waals surface area contributed by atoms with E-state index in [1.165, 1.54) is 17.8 Å². The number of nitrogens with zero attached hydrogens (tertiary/aromatic N) is 2. The molecule has 1 atom stereocenters. The molecule has 2 heterocycles. The Morgan fingerprint density at radius 3 is 3.29 bits per heavy atom. The average molecular weight is 312 g/mol. The Balaban J connectivity index is 1.79. The van der Waals surface area contributed by atoms with Crippen molar-refractivity contribution in [2.75, 3.05) is 39.9 Å². The molecule has 1 unspecified atom stereocenters. The maximum absolute atomic E-state index is 12.1. The monoisotopic (exact) mass is 312 g/mol. The number of amides is 1. The lowest BCUT2D eigenvalue weighted by Crippen LogP contribution is -2.41. The van der Waals surface area contributed by atoms with Crippen LogP contribution in [-0.2, 0) is 11.2 Å². The molecule has 1 aliphatic heterocycles. The first kappa shape index (κ1) is 16.4. The molecule has 118 valence electrons. The van der Waals surface area contributed by atoms with Crippen LogP contribution in [0.5, 0.6) is 0 Å². The molecule has 3 N–H and O–H groups in total. The summed E-state index contributed by atoms with van der Waals surface area (Å²) in [5, 5.41) is 5.72. The first-order valence-corrected chi connectivity index (χ1v) is 8.28. The van der Waals surface area contributed by atoms with Crippen molar-refractivity contribution >= 4 is 17.2 Å². The van der Waals surface area contributed by atoms with Gasteiger partial charge in [0.2, 0.25) is 0 Å². The molecule has 1 aliphatic rings. The van der Waals surface area contributed by atoms with E-state index < -0.39 is 0 Å². The summed E-state index contributed by atoms with van der Waals surface area (Å²) >= 11 is 1.49. The maximum atomic E-state index is 12.1. The van der Waals surface area contributed by atoms with Crippen LogP contribution in [0.1, 0.15) is 28.3 Å². The second-order valence-corrected chi connectivity index (χ2v) is 6.14. The fraction of sp³-hybridized carbons (Fsp3) is 0.714. The van der Waals surface area contributed by atoms with Gasteiger partial charge in [-0.2, -0.15) is 0 Å². The van der Waals surface area contributed by atoms with Gasteiger partial charge in [-0.05, 0) is 25.9 Å². The van der Waals surface area contributed by atoms with Gasteiger partial charge < -0.3 is 15.8 Å². The number of aromatic nitrogens is 1. The van der Waals surface area contributed by atoms with Crippen LogP contribution in [-0.4, -0.2) is 61.7 Å². The highest BCUT2D eigenvalue weighted by molar-refractivity contribution is 7.09. The number of ether oxygens (including phenoxy) is 1. The van der Waals surface area contributed by atoms with Crippen LogP contribution in [0, 0.1) is 0 Å². The topological polar surface area (TPSA) is 80.5 Å². The number of thiazole rings is 1. The zero-order valence-corrected chi connectivity index (χ0v) is 13.3. The number of hydrogen-bond acceptors (Lipinski definition) is 6. The Bertz CT molecular complexity index is 452. The van der Waals surface area contributed by atoms with E-state index in [1.807, 2.05) is 0 Å². The minimum Gasteiger partial charge on any atom is -0.383 e. The van der Waals surface area contributed by atoms with Crippen molar-refractivity contribution < 1.29 is 9.53 Å². The summed E-state index contributed by atoms with van der Waals surface area (Å²) in [7, 11) is 1.72. The number of carbonyl (C=O) groups is 1. The summed E-state index contributed by atoms with van der Waals surface area (Å²) in [6.07, 6.45) is 3.03. The second-order valence-electron chi connectivity index (χ2n) is 5.20. The van der Waals surface area contributed by atoms with E-state index in [0.717, 1.165) is 37.5 Å². The van der Waals surface area contributed by atoms with Gasteiger partial charge >= 0.3 is 0 Å². The number of nitrogens with one attached hydrogen (secondary N) is 1. The summed E-state index contributed by atoms with van der Waals surface area (Å²) < 4.78 is 5.12. The number of nitrogens with two attached hydrogens (primary N) is 1. The minimum atomic E-state index is -0.0897. The van der Waals surface area contributed by atoms with Crippen LogP contribution in [0.2, 0.25) is 0 Å². The molecule has 1 fully saturated rings. The standard InChI is InChI=1S/C14H24N4O2S/c1-20-8-7-18-6-2-3-11(18)9-16-14(19)12-10-21-13(17-12)4-5-15/h10-11H,2-9,15H2,1H3,(H,16,19). The number of rotatable bonds is 8. The molecule has 0 radical (unpaired) electrons. The molecule has 0 bridgehead atoms. The Morgan fingerprint density at radius 2 is 2.52 bits per heavy atom. The molecule has 1 amide bonds. The lowest BCUT2D eigenvalue weighted by Gasteiger charge is -2.24. The van der Waals surface area contributed by atoms with Gasteiger partial charge in [0.05, 0.1) is 11.6 Å². The summed E-state index contributed by atoms with van der Waals surface area (Å²) in [6, 6.07) is 0.409. The van der Waals surface area contributed by atoms with Crippen LogP contribution >= 0.6 is 11.3 Å². The van der Waals surface area contributed by atoms with Gasteiger partial charge in [-0.1, -0.05) is 0 Å². The molecule has 1 aromatic rings. The van der Waals surface area contributed by atoms with E-state index in [0.29, 0.717) is 24.8 Å². The molecule has 0 aromatic carbocycles. The van der Waals surface area contributed by atoms with E-state index in [4.69, 9.17) is 10.5 Å². The van der Waals surface area contributed by atoms with Crippen LogP contribution in [0.3, 0.4) is 0 Å². The van der Waals surface area contributed by atoms with E-state index in [2.05, 4.69) is 15.2 Å². The molecular weight excluding hydrogens is 288 g/mol. The molecule has 1 aromatic heterocycles. The highest BCUT2D eigenvalue weighted by atomic mass is 32.1. The number of carbonyl (C=O) groups excluding carboxylic acids is 1. The molecule has 7 heteroatoms. The predicted molar refractivity (Wildman–Crippen MR) is 83.7 cm³/mol. The average Bonchev–Trinajstić information content (AvgIpc) is 3.12. The maximum Gasteiger partial charge on any atom is 0.270 e. The minimum absolute atomic E-state index is 0.0897. The van der Waals surface area contributed by atoms with Crippen molar-refractivity contribution in [3.63, 3.8) is 0 Å². The predicted octanol–water partition coefficient (Wildman–Crippen LogP) is 0.485.